The Morgan fingerprint density at radius 1 is 1.09 bits per heavy atom. The van der Waals surface area contributed by atoms with Crippen LogP contribution in [0.4, 0.5) is 5.69 Å². The molecule has 0 bridgehead atoms. The highest BCUT2D eigenvalue weighted by molar-refractivity contribution is 8.00. The maximum absolute atomic E-state index is 12.6. The first kappa shape index (κ1) is 15.7. The number of carbonyl (C=O) groups is 1. The lowest BCUT2D eigenvalue weighted by molar-refractivity contribution is -0.117. The third kappa shape index (κ3) is 3.62. The molecule has 2 aromatic carbocycles. The molecule has 1 heterocycles. The van der Waals surface area contributed by atoms with E-state index in [2.05, 4.69) is 0 Å². The van der Waals surface area contributed by atoms with Gasteiger partial charge in [-0.05, 0) is 37.3 Å². The highest BCUT2D eigenvalue weighted by Gasteiger charge is 2.21. The van der Waals surface area contributed by atoms with E-state index >= 15 is 0 Å². The van der Waals surface area contributed by atoms with Crippen LogP contribution in [0.3, 0.4) is 0 Å². The molecule has 23 heavy (non-hydrogen) atoms. The van der Waals surface area contributed by atoms with Crippen LogP contribution in [0.25, 0.3) is 0 Å². The molecule has 3 rings (SSSR count). The summed E-state index contributed by atoms with van der Waals surface area (Å²) >= 11 is 1.52. The third-order valence-electron chi connectivity index (χ3n) is 3.65. The first-order valence-corrected chi connectivity index (χ1v) is 8.42. The summed E-state index contributed by atoms with van der Waals surface area (Å²) in [5, 5.41) is -0.192. The number of hydrogen-bond acceptors (Lipinski definition) is 4. The van der Waals surface area contributed by atoms with Gasteiger partial charge in [-0.3, -0.25) is 4.79 Å². The number of thioether (sulfide) groups is 1. The molecule has 0 unspecified atom stereocenters. The van der Waals surface area contributed by atoms with Crippen molar-refractivity contribution >= 4 is 23.4 Å². The number of fused-ring (bicyclic) bond motifs is 1. The molecule has 0 fully saturated rings. The lowest BCUT2D eigenvalue weighted by Crippen LogP contribution is -2.33. The van der Waals surface area contributed by atoms with Gasteiger partial charge in [-0.1, -0.05) is 18.2 Å². The molecule has 1 amide bonds. The Morgan fingerprint density at radius 2 is 1.78 bits per heavy atom. The standard InChI is InChI=1S/C18H19NO3S/c1-13(18(20)19(2)14-6-4-3-5-7-14)23-15-8-9-16-17(12-15)22-11-10-21-16/h3-9,12-13H,10-11H2,1-2H3/t13-/m0/s1. The molecule has 120 valence electrons. The molecular formula is C18H19NO3S. The predicted octanol–water partition coefficient (Wildman–Crippen LogP) is 3.60. The average Bonchev–Trinajstić information content (AvgIpc) is 2.61. The Morgan fingerprint density at radius 3 is 2.52 bits per heavy atom. The molecule has 5 heteroatoms. The van der Waals surface area contributed by atoms with Crippen molar-refractivity contribution in [3.05, 3.63) is 48.5 Å². The second-order valence-electron chi connectivity index (χ2n) is 5.30. The van der Waals surface area contributed by atoms with E-state index in [0.29, 0.717) is 13.2 Å². The molecule has 0 spiro atoms. The van der Waals surface area contributed by atoms with Crippen molar-refractivity contribution in [3.8, 4) is 11.5 Å². The fraction of sp³-hybridized carbons (Fsp3) is 0.278. The largest absolute Gasteiger partial charge is 0.486 e. The van der Waals surface area contributed by atoms with Crippen molar-refractivity contribution in [3.63, 3.8) is 0 Å². The number of ether oxygens (including phenoxy) is 2. The third-order valence-corrected chi connectivity index (χ3v) is 4.73. The van der Waals surface area contributed by atoms with Crippen molar-refractivity contribution in [1.82, 2.24) is 0 Å². The van der Waals surface area contributed by atoms with E-state index in [9.17, 15) is 4.79 Å². The lowest BCUT2D eigenvalue weighted by atomic mass is 10.3. The Labute approximate surface area is 140 Å². The molecule has 0 aromatic heterocycles. The van der Waals surface area contributed by atoms with Gasteiger partial charge in [0.05, 0.1) is 5.25 Å². The van der Waals surface area contributed by atoms with E-state index < -0.39 is 0 Å². The predicted molar refractivity (Wildman–Crippen MR) is 92.6 cm³/mol. The normalized spacial score (nSPS) is 14.2. The van der Waals surface area contributed by atoms with Gasteiger partial charge in [-0.2, -0.15) is 0 Å². The van der Waals surface area contributed by atoms with Gasteiger partial charge in [0.1, 0.15) is 13.2 Å². The quantitative estimate of drug-likeness (QED) is 0.804. The molecule has 1 aliphatic heterocycles. The molecule has 0 aliphatic carbocycles. The summed E-state index contributed by atoms with van der Waals surface area (Å²) in [4.78, 5) is 15.3. The number of rotatable bonds is 4. The van der Waals surface area contributed by atoms with Crippen LogP contribution < -0.4 is 14.4 Å². The van der Waals surface area contributed by atoms with E-state index in [1.807, 2.05) is 55.5 Å². The highest BCUT2D eigenvalue weighted by atomic mass is 32.2. The SMILES string of the molecule is C[C@H](Sc1ccc2c(c1)OCCO2)C(=O)N(C)c1ccccc1. The maximum atomic E-state index is 12.6. The second kappa shape index (κ2) is 6.96. The molecule has 0 radical (unpaired) electrons. The van der Waals surface area contributed by atoms with Gasteiger partial charge in [0.15, 0.2) is 11.5 Å². The van der Waals surface area contributed by atoms with Gasteiger partial charge < -0.3 is 14.4 Å². The van der Waals surface area contributed by atoms with Crippen LogP contribution >= 0.6 is 11.8 Å². The molecule has 1 aliphatic rings. The van der Waals surface area contributed by atoms with Crippen LogP contribution in [0.15, 0.2) is 53.4 Å². The van der Waals surface area contributed by atoms with Crippen LogP contribution in [0.2, 0.25) is 0 Å². The zero-order chi connectivity index (χ0) is 16.2. The number of anilines is 1. The molecule has 4 nitrogen and oxygen atoms in total. The Bertz CT molecular complexity index is 690. The van der Waals surface area contributed by atoms with Gasteiger partial charge in [0, 0.05) is 17.6 Å². The fourth-order valence-electron chi connectivity index (χ4n) is 2.40. The van der Waals surface area contributed by atoms with Crippen molar-refractivity contribution < 1.29 is 14.3 Å². The zero-order valence-electron chi connectivity index (χ0n) is 13.2. The molecular weight excluding hydrogens is 310 g/mol. The smallest absolute Gasteiger partial charge is 0.239 e. The first-order valence-electron chi connectivity index (χ1n) is 7.54. The van der Waals surface area contributed by atoms with E-state index in [1.165, 1.54) is 11.8 Å². The van der Waals surface area contributed by atoms with Gasteiger partial charge in [0.2, 0.25) is 5.91 Å². The highest BCUT2D eigenvalue weighted by Crippen LogP contribution is 2.35. The van der Waals surface area contributed by atoms with Crippen molar-refractivity contribution in [2.45, 2.75) is 17.1 Å². The van der Waals surface area contributed by atoms with Crippen molar-refractivity contribution in [1.29, 1.82) is 0 Å². The van der Waals surface area contributed by atoms with Crippen LogP contribution in [0.5, 0.6) is 11.5 Å². The minimum absolute atomic E-state index is 0.0658. The average molecular weight is 329 g/mol. The summed E-state index contributed by atoms with van der Waals surface area (Å²) < 4.78 is 11.1. The van der Waals surface area contributed by atoms with Gasteiger partial charge in [-0.15, -0.1) is 11.8 Å². The maximum Gasteiger partial charge on any atom is 0.239 e. The van der Waals surface area contributed by atoms with Crippen molar-refractivity contribution in [2.75, 3.05) is 25.2 Å². The zero-order valence-corrected chi connectivity index (χ0v) is 14.0. The van der Waals surface area contributed by atoms with E-state index in [-0.39, 0.29) is 11.2 Å². The number of nitrogens with zero attached hydrogens (tertiary/aromatic N) is 1. The first-order chi connectivity index (χ1) is 11.1. The van der Waals surface area contributed by atoms with E-state index in [4.69, 9.17) is 9.47 Å². The fourth-order valence-corrected chi connectivity index (χ4v) is 3.39. The number of para-hydroxylation sites is 1. The number of carbonyl (C=O) groups excluding carboxylic acids is 1. The van der Waals surface area contributed by atoms with Crippen LogP contribution in [0.1, 0.15) is 6.92 Å². The van der Waals surface area contributed by atoms with E-state index in [0.717, 1.165) is 22.1 Å². The minimum atomic E-state index is -0.192. The summed E-state index contributed by atoms with van der Waals surface area (Å²) in [7, 11) is 1.80. The topological polar surface area (TPSA) is 38.8 Å². The van der Waals surface area contributed by atoms with Crippen LogP contribution in [-0.4, -0.2) is 31.4 Å². The summed E-state index contributed by atoms with van der Waals surface area (Å²) in [6.07, 6.45) is 0. The minimum Gasteiger partial charge on any atom is -0.486 e. The molecule has 1 atom stereocenters. The van der Waals surface area contributed by atoms with Crippen LogP contribution in [0, 0.1) is 0 Å². The number of benzene rings is 2. The van der Waals surface area contributed by atoms with Crippen molar-refractivity contribution in [2.24, 2.45) is 0 Å². The lowest BCUT2D eigenvalue weighted by Gasteiger charge is -2.22. The molecule has 0 saturated heterocycles. The summed E-state index contributed by atoms with van der Waals surface area (Å²) in [6.45, 7) is 3.06. The van der Waals surface area contributed by atoms with Gasteiger partial charge in [0.25, 0.3) is 0 Å². The summed E-state index contributed by atoms with van der Waals surface area (Å²) in [5.74, 6) is 1.58. The number of hydrogen-bond donors (Lipinski definition) is 0. The summed E-state index contributed by atoms with van der Waals surface area (Å²) in [5.41, 5.74) is 0.895. The monoisotopic (exact) mass is 329 g/mol. The molecule has 2 aromatic rings. The molecule has 0 saturated carbocycles. The Balaban J connectivity index is 1.69. The Hall–Kier alpha value is -2.14. The second-order valence-corrected chi connectivity index (χ2v) is 6.71. The van der Waals surface area contributed by atoms with Crippen LogP contribution in [-0.2, 0) is 4.79 Å². The van der Waals surface area contributed by atoms with Gasteiger partial charge in [-0.25, -0.2) is 0 Å². The Kier molecular flexibility index (Phi) is 4.76. The number of amides is 1. The summed E-state index contributed by atoms with van der Waals surface area (Å²) in [6, 6.07) is 15.5. The molecule has 0 N–H and O–H groups in total. The van der Waals surface area contributed by atoms with Gasteiger partial charge >= 0.3 is 0 Å². The van der Waals surface area contributed by atoms with E-state index in [1.54, 1.807) is 11.9 Å².